The molecule has 2 unspecified atom stereocenters. The number of phenolic OH excluding ortho intramolecular Hbond substituents is 1. The van der Waals surface area contributed by atoms with Crippen molar-refractivity contribution in [1.82, 2.24) is 4.90 Å². The standard InChI is InChI=1S/C19H18ClNO6/c1-21-17(12-6-9(20)4-5-13(12)22)16(19(24)25)10-7-14(26-2)15(27-3)8-11(10)18(21)23/h4-8,16-17,22H,1-3H3,(H,24,25). The van der Waals surface area contributed by atoms with Crippen molar-refractivity contribution in [2.24, 2.45) is 0 Å². The van der Waals surface area contributed by atoms with Crippen LogP contribution in [0.15, 0.2) is 30.3 Å². The van der Waals surface area contributed by atoms with Gasteiger partial charge in [0.2, 0.25) is 0 Å². The Hall–Kier alpha value is -2.93. The zero-order valence-corrected chi connectivity index (χ0v) is 15.6. The number of aliphatic carboxylic acids is 1. The van der Waals surface area contributed by atoms with Gasteiger partial charge in [0.05, 0.1) is 20.3 Å². The van der Waals surface area contributed by atoms with E-state index in [1.165, 1.54) is 56.5 Å². The molecular weight excluding hydrogens is 374 g/mol. The van der Waals surface area contributed by atoms with Crippen molar-refractivity contribution in [3.05, 3.63) is 52.0 Å². The SMILES string of the molecule is COc1cc2c(cc1OC)C(C(=O)O)C(c1cc(Cl)ccc1O)N(C)C2=O. The Morgan fingerprint density at radius 1 is 1.11 bits per heavy atom. The first-order valence-corrected chi connectivity index (χ1v) is 8.42. The van der Waals surface area contributed by atoms with Crippen LogP contribution < -0.4 is 9.47 Å². The first-order chi connectivity index (χ1) is 12.8. The normalized spacial score (nSPS) is 18.8. The summed E-state index contributed by atoms with van der Waals surface area (Å²) in [5.41, 5.74) is 0.749. The minimum Gasteiger partial charge on any atom is -0.508 e. The van der Waals surface area contributed by atoms with Gasteiger partial charge in [-0.3, -0.25) is 9.59 Å². The number of hydrogen-bond acceptors (Lipinski definition) is 5. The third-order valence-corrected chi connectivity index (χ3v) is 4.98. The largest absolute Gasteiger partial charge is 0.508 e. The third kappa shape index (κ3) is 3.04. The number of likely N-dealkylation sites (N-methyl/N-ethyl adjacent to an activating group) is 1. The Labute approximate surface area is 160 Å². The number of halogens is 1. The van der Waals surface area contributed by atoms with Gasteiger partial charge in [0, 0.05) is 23.2 Å². The Morgan fingerprint density at radius 2 is 1.74 bits per heavy atom. The average Bonchev–Trinajstić information content (AvgIpc) is 2.65. The fraction of sp³-hybridized carbons (Fsp3) is 0.263. The molecule has 0 fully saturated rings. The number of phenols is 1. The first kappa shape index (κ1) is 18.8. The van der Waals surface area contributed by atoms with Crippen molar-refractivity contribution in [2.45, 2.75) is 12.0 Å². The summed E-state index contributed by atoms with van der Waals surface area (Å²) in [5.74, 6) is -2.17. The number of rotatable bonds is 4. The summed E-state index contributed by atoms with van der Waals surface area (Å²) in [7, 11) is 4.35. The molecule has 2 atom stereocenters. The van der Waals surface area contributed by atoms with Gasteiger partial charge in [-0.15, -0.1) is 0 Å². The molecule has 0 aliphatic carbocycles. The van der Waals surface area contributed by atoms with Crippen LogP contribution in [0.2, 0.25) is 5.02 Å². The van der Waals surface area contributed by atoms with Crippen molar-refractivity contribution in [3.63, 3.8) is 0 Å². The highest BCUT2D eigenvalue weighted by atomic mass is 35.5. The number of methoxy groups -OCH3 is 2. The lowest BCUT2D eigenvalue weighted by Gasteiger charge is -2.39. The molecular formula is C19H18ClNO6. The van der Waals surface area contributed by atoms with Crippen LogP contribution in [0.1, 0.15) is 33.4 Å². The van der Waals surface area contributed by atoms with E-state index in [9.17, 15) is 19.8 Å². The Bertz CT molecular complexity index is 929. The summed E-state index contributed by atoms with van der Waals surface area (Å²) < 4.78 is 10.5. The molecule has 1 amide bonds. The number of nitrogens with zero attached hydrogens (tertiary/aromatic N) is 1. The molecule has 0 aromatic heterocycles. The molecule has 1 heterocycles. The number of amides is 1. The topological polar surface area (TPSA) is 96.3 Å². The number of aromatic hydroxyl groups is 1. The lowest BCUT2D eigenvalue weighted by atomic mass is 9.79. The quantitative estimate of drug-likeness (QED) is 0.831. The number of carboxylic acids is 1. The van der Waals surface area contributed by atoms with Crippen molar-refractivity contribution in [2.75, 3.05) is 21.3 Å². The maximum Gasteiger partial charge on any atom is 0.313 e. The number of fused-ring (bicyclic) bond motifs is 1. The molecule has 8 heteroatoms. The van der Waals surface area contributed by atoms with E-state index in [2.05, 4.69) is 0 Å². The Morgan fingerprint density at radius 3 is 2.33 bits per heavy atom. The second-order valence-electron chi connectivity index (χ2n) is 6.17. The lowest BCUT2D eigenvalue weighted by Crippen LogP contribution is -2.42. The number of ether oxygens (including phenoxy) is 2. The van der Waals surface area contributed by atoms with Gasteiger partial charge in [-0.2, -0.15) is 0 Å². The summed E-state index contributed by atoms with van der Waals surface area (Å²) in [4.78, 5) is 26.4. The monoisotopic (exact) mass is 391 g/mol. The number of carbonyl (C=O) groups is 2. The molecule has 7 nitrogen and oxygen atoms in total. The van der Waals surface area contributed by atoms with Crippen LogP contribution in [-0.4, -0.2) is 48.3 Å². The van der Waals surface area contributed by atoms with Crippen LogP contribution in [-0.2, 0) is 4.79 Å². The summed E-state index contributed by atoms with van der Waals surface area (Å²) >= 11 is 6.04. The highest BCUT2D eigenvalue weighted by Crippen LogP contribution is 2.47. The van der Waals surface area contributed by atoms with Crippen molar-refractivity contribution in [1.29, 1.82) is 0 Å². The summed E-state index contributed by atoms with van der Waals surface area (Å²) in [6.07, 6.45) is 0. The fourth-order valence-electron chi connectivity index (χ4n) is 3.47. The molecule has 1 aliphatic rings. The molecule has 0 radical (unpaired) electrons. The van der Waals surface area contributed by atoms with Crippen LogP contribution in [0.4, 0.5) is 0 Å². The van der Waals surface area contributed by atoms with Crippen molar-refractivity contribution >= 4 is 23.5 Å². The third-order valence-electron chi connectivity index (χ3n) is 4.75. The summed E-state index contributed by atoms with van der Waals surface area (Å²) in [6, 6.07) is 6.34. The minimum absolute atomic E-state index is 0.140. The second-order valence-corrected chi connectivity index (χ2v) is 6.61. The van der Waals surface area contributed by atoms with Gasteiger partial charge in [-0.1, -0.05) is 11.6 Å². The number of hydrogen-bond donors (Lipinski definition) is 2. The summed E-state index contributed by atoms with van der Waals surface area (Å²) in [5, 5.41) is 20.6. The fourth-order valence-corrected chi connectivity index (χ4v) is 3.65. The van der Waals surface area contributed by atoms with Crippen LogP contribution >= 0.6 is 11.6 Å². The van der Waals surface area contributed by atoms with E-state index >= 15 is 0 Å². The summed E-state index contributed by atoms with van der Waals surface area (Å²) in [6.45, 7) is 0. The maximum absolute atomic E-state index is 13.0. The van der Waals surface area contributed by atoms with Gasteiger partial charge in [0.15, 0.2) is 11.5 Å². The smallest absolute Gasteiger partial charge is 0.313 e. The highest BCUT2D eigenvalue weighted by Gasteiger charge is 2.44. The van der Waals surface area contributed by atoms with Gasteiger partial charge in [0.25, 0.3) is 5.91 Å². The van der Waals surface area contributed by atoms with Crippen LogP contribution in [0.25, 0.3) is 0 Å². The van der Waals surface area contributed by atoms with Gasteiger partial charge in [-0.05, 0) is 35.9 Å². The predicted molar refractivity (Wildman–Crippen MR) is 97.9 cm³/mol. The molecule has 2 aromatic rings. The number of benzene rings is 2. The van der Waals surface area contributed by atoms with Crippen LogP contribution in [0, 0.1) is 0 Å². The number of carbonyl (C=O) groups excluding carboxylic acids is 1. The number of carboxylic acid groups (broad SMARTS) is 1. The van der Waals surface area contributed by atoms with Crippen LogP contribution in [0.3, 0.4) is 0 Å². The van der Waals surface area contributed by atoms with E-state index in [1.807, 2.05) is 0 Å². The highest BCUT2D eigenvalue weighted by molar-refractivity contribution is 6.30. The van der Waals surface area contributed by atoms with Crippen molar-refractivity contribution < 1.29 is 29.3 Å². The molecule has 0 spiro atoms. The van der Waals surface area contributed by atoms with E-state index in [4.69, 9.17) is 21.1 Å². The van der Waals surface area contributed by atoms with Gasteiger partial charge in [0.1, 0.15) is 11.7 Å². The molecule has 0 bridgehead atoms. The van der Waals surface area contributed by atoms with Crippen molar-refractivity contribution in [3.8, 4) is 17.2 Å². The van der Waals surface area contributed by atoms with Gasteiger partial charge in [-0.25, -0.2) is 0 Å². The van der Waals surface area contributed by atoms with E-state index < -0.39 is 23.8 Å². The Kier molecular flexibility index (Phi) is 4.89. The van der Waals surface area contributed by atoms with Gasteiger partial charge >= 0.3 is 5.97 Å². The molecule has 3 rings (SSSR count). The maximum atomic E-state index is 13.0. The molecule has 2 aromatic carbocycles. The van der Waals surface area contributed by atoms with E-state index in [1.54, 1.807) is 0 Å². The molecule has 2 N–H and O–H groups in total. The lowest BCUT2D eigenvalue weighted by molar-refractivity contribution is -0.140. The molecule has 27 heavy (non-hydrogen) atoms. The van der Waals surface area contributed by atoms with E-state index in [-0.39, 0.29) is 22.4 Å². The molecule has 0 saturated heterocycles. The van der Waals surface area contributed by atoms with E-state index in [0.717, 1.165) is 0 Å². The molecule has 142 valence electrons. The predicted octanol–water partition coefficient (Wildman–Crippen LogP) is 3.06. The van der Waals surface area contributed by atoms with Crippen LogP contribution in [0.5, 0.6) is 17.2 Å². The molecule has 1 aliphatic heterocycles. The zero-order chi connectivity index (χ0) is 19.9. The second kappa shape index (κ2) is 7.00. The first-order valence-electron chi connectivity index (χ1n) is 8.04. The van der Waals surface area contributed by atoms with Gasteiger partial charge < -0.3 is 24.6 Å². The zero-order valence-electron chi connectivity index (χ0n) is 14.9. The Balaban J connectivity index is 2.28. The average molecular weight is 392 g/mol. The minimum atomic E-state index is -1.15. The molecule has 0 saturated carbocycles. The van der Waals surface area contributed by atoms with E-state index in [0.29, 0.717) is 16.5 Å².